The first-order valence-corrected chi connectivity index (χ1v) is 10.5. The Balaban J connectivity index is 1.83. The fourth-order valence-corrected chi connectivity index (χ4v) is 2.99. The van der Waals surface area contributed by atoms with Crippen LogP contribution in [-0.4, -0.2) is 36.7 Å². The Hall–Kier alpha value is -2.90. The number of halogens is 1. The zero-order chi connectivity index (χ0) is 21.9. The molecule has 0 aliphatic rings. The van der Waals surface area contributed by atoms with Gasteiger partial charge in [-0.1, -0.05) is 25.1 Å². The SMILES string of the molecule is CCNC(=NCc1cc(C(CC)CC)no1)NCCNC(=O)c1ccc(C)c(F)c1. The van der Waals surface area contributed by atoms with Gasteiger partial charge < -0.3 is 20.5 Å². The molecule has 0 saturated heterocycles. The molecule has 0 unspecified atom stereocenters. The lowest BCUT2D eigenvalue weighted by molar-refractivity contribution is 0.0954. The first-order valence-electron chi connectivity index (χ1n) is 10.5. The van der Waals surface area contributed by atoms with E-state index in [1.54, 1.807) is 19.1 Å². The lowest BCUT2D eigenvalue weighted by Crippen LogP contribution is -2.41. The quantitative estimate of drug-likeness (QED) is 0.313. The van der Waals surface area contributed by atoms with Crippen molar-refractivity contribution in [3.63, 3.8) is 0 Å². The largest absolute Gasteiger partial charge is 0.359 e. The maximum absolute atomic E-state index is 13.6. The molecule has 0 radical (unpaired) electrons. The number of hydrogen-bond acceptors (Lipinski definition) is 4. The van der Waals surface area contributed by atoms with Crippen LogP contribution in [0.3, 0.4) is 0 Å². The van der Waals surface area contributed by atoms with Crippen LogP contribution in [0.1, 0.15) is 66.9 Å². The molecule has 0 fully saturated rings. The van der Waals surface area contributed by atoms with Gasteiger partial charge >= 0.3 is 0 Å². The van der Waals surface area contributed by atoms with E-state index in [-0.39, 0.29) is 11.7 Å². The molecule has 0 bridgehead atoms. The summed E-state index contributed by atoms with van der Waals surface area (Å²) in [6.07, 6.45) is 2.05. The molecule has 30 heavy (non-hydrogen) atoms. The van der Waals surface area contributed by atoms with Gasteiger partial charge in [0.2, 0.25) is 0 Å². The highest BCUT2D eigenvalue weighted by atomic mass is 19.1. The highest BCUT2D eigenvalue weighted by Gasteiger charge is 2.13. The summed E-state index contributed by atoms with van der Waals surface area (Å²) in [5.74, 6) is 1.04. The summed E-state index contributed by atoms with van der Waals surface area (Å²) in [5, 5.41) is 13.2. The van der Waals surface area contributed by atoms with Gasteiger partial charge in [-0.25, -0.2) is 9.38 Å². The number of rotatable bonds is 10. The third kappa shape index (κ3) is 6.86. The molecule has 0 saturated carbocycles. The Morgan fingerprint density at radius 1 is 1.13 bits per heavy atom. The van der Waals surface area contributed by atoms with Crippen molar-refractivity contribution in [3.05, 3.63) is 52.7 Å². The van der Waals surface area contributed by atoms with Crippen LogP contribution >= 0.6 is 0 Å². The molecule has 8 heteroatoms. The van der Waals surface area contributed by atoms with Gasteiger partial charge in [0.05, 0.1) is 5.69 Å². The van der Waals surface area contributed by atoms with Gasteiger partial charge in [-0.2, -0.15) is 0 Å². The van der Waals surface area contributed by atoms with Crippen LogP contribution in [0.5, 0.6) is 0 Å². The maximum Gasteiger partial charge on any atom is 0.251 e. The van der Waals surface area contributed by atoms with Crippen LogP contribution in [0, 0.1) is 12.7 Å². The summed E-state index contributed by atoms with van der Waals surface area (Å²) in [6, 6.07) is 6.42. The molecule has 0 aliphatic heterocycles. The Morgan fingerprint density at radius 3 is 2.53 bits per heavy atom. The van der Waals surface area contributed by atoms with E-state index in [1.165, 1.54) is 6.07 Å². The third-order valence-electron chi connectivity index (χ3n) is 4.86. The average Bonchev–Trinajstić information content (AvgIpc) is 3.20. The number of carbonyl (C=O) groups is 1. The molecule has 1 amide bonds. The molecule has 7 nitrogen and oxygen atoms in total. The second-order valence-corrected chi connectivity index (χ2v) is 7.07. The van der Waals surface area contributed by atoms with Crippen molar-refractivity contribution in [2.75, 3.05) is 19.6 Å². The van der Waals surface area contributed by atoms with Gasteiger partial charge in [0.25, 0.3) is 5.91 Å². The summed E-state index contributed by atoms with van der Waals surface area (Å²) in [6.45, 7) is 9.84. The number of aromatic nitrogens is 1. The van der Waals surface area contributed by atoms with Gasteiger partial charge in [0.1, 0.15) is 12.4 Å². The molecule has 1 heterocycles. The summed E-state index contributed by atoms with van der Waals surface area (Å²) >= 11 is 0. The minimum absolute atomic E-state index is 0.303. The third-order valence-corrected chi connectivity index (χ3v) is 4.86. The zero-order valence-electron chi connectivity index (χ0n) is 18.2. The maximum atomic E-state index is 13.6. The van der Waals surface area contributed by atoms with Gasteiger partial charge in [-0.05, 0) is 44.4 Å². The van der Waals surface area contributed by atoms with Crippen LogP contribution in [-0.2, 0) is 6.54 Å². The highest BCUT2D eigenvalue weighted by Crippen LogP contribution is 2.22. The minimum Gasteiger partial charge on any atom is -0.359 e. The van der Waals surface area contributed by atoms with E-state index < -0.39 is 0 Å². The zero-order valence-corrected chi connectivity index (χ0v) is 18.2. The Bertz CT molecular complexity index is 846. The van der Waals surface area contributed by atoms with Crippen LogP contribution in [0.2, 0.25) is 0 Å². The Kier molecular flexibility index (Phi) is 9.31. The number of aryl methyl sites for hydroxylation is 1. The van der Waals surface area contributed by atoms with Crippen molar-refractivity contribution in [3.8, 4) is 0 Å². The molecule has 1 aromatic carbocycles. The van der Waals surface area contributed by atoms with Gasteiger partial charge in [0.15, 0.2) is 11.7 Å². The van der Waals surface area contributed by atoms with Crippen molar-refractivity contribution >= 4 is 11.9 Å². The Labute approximate surface area is 177 Å². The molecular formula is C22H32FN5O2. The molecule has 2 aromatic rings. The fraction of sp³-hybridized carbons (Fsp3) is 0.500. The van der Waals surface area contributed by atoms with E-state index in [9.17, 15) is 9.18 Å². The second-order valence-electron chi connectivity index (χ2n) is 7.07. The molecule has 1 aromatic heterocycles. The lowest BCUT2D eigenvalue weighted by atomic mass is 9.99. The number of nitrogens with one attached hydrogen (secondary N) is 3. The highest BCUT2D eigenvalue weighted by molar-refractivity contribution is 5.94. The predicted molar refractivity (Wildman–Crippen MR) is 116 cm³/mol. The predicted octanol–water partition coefficient (Wildman–Crippen LogP) is 3.51. The smallest absolute Gasteiger partial charge is 0.251 e. The Morgan fingerprint density at radius 2 is 1.87 bits per heavy atom. The molecule has 0 atom stereocenters. The number of aliphatic imine (C=N–C) groups is 1. The molecule has 164 valence electrons. The van der Waals surface area contributed by atoms with E-state index in [4.69, 9.17) is 4.52 Å². The van der Waals surface area contributed by atoms with Crippen molar-refractivity contribution in [1.82, 2.24) is 21.1 Å². The lowest BCUT2D eigenvalue weighted by Gasteiger charge is -2.11. The van der Waals surface area contributed by atoms with Crippen molar-refractivity contribution in [2.45, 2.75) is 53.0 Å². The van der Waals surface area contributed by atoms with Gasteiger partial charge in [-0.3, -0.25) is 4.79 Å². The number of benzene rings is 1. The number of hydrogen-bond donors (Lipinski definition) is 3. The van der Waals surface area contributed by atoms with E-state index in [2.05, 4.69) is 39.9 Å². The van der Waals surface area contributed by atoms with Crippen LogP contribution in [0.15, 0.2) is 33.8 Å². The van der Waals surface area contributed by atoms with Crippen molar-refractivity contribution < 1.29 is 13.7 Å². The minimum atomic E-state index is -0.387. The number of nitrogens with zero attached hydrogens (tertiary/aromatic N) is 2. The van der Waals surface area contributed by atoms with Gasteiger partial charge in [-0.15, -0.1) is 0 Å². The number of carbonyl (C=O) groups excluding carboxylic acids is 1. The van der Waals surface area contributed by atoms with Crippen LogP contribution in [0.25, 0.3) is 0 Å². The average molecular weight is 418 g/mol. The summed E-state index contributed by atoms with van der Waals surface area (Å²) in [5.41, 5.74) is 1.79. The molecule has 0 spiro atoms. The van der Waals surface area contributed by atoms with Crippen molar-refractivity contribution in [1.29, 1.82) is 0 Å². The van der Waals surface area contributed by atoms with E-state index in [0.29, 0.717) is 54.9 Å². The standard InChI is InChI=1S/C22H32FN5O2/c1-5-16(6-2)20-13-18(30-28-20)14-27-22(24-7-3)26-11-10-25-21(29)17-9-8-15(4)19(23)12-17/h8-9,12-13,16H,5-7,10-11,14H2,1-4H3,(H,25,29)(H2,24,26,27). The normalized spacial score (nSPS) is 11.6. The summed E-state index contributed by atoms with van der Waals surface area (Å²) in [7, 11) is 0. The number of guanidine groups is 1. The first-order chi connectivity index (χ1) is 14.5. The van der Waals surface area contributed by atoms with Gasteiger partial charge in [0, 0.05) is 37.2 Å². The number of amides is 1. The van der Waals surface area contributed by atoms with Crippen LogP contribution in [0.4, 0.5) is 4.39 Å². The van der Waals surface area contributed by atoms with E-state index in [0.717, 1.165) is 18.5 Å². The second kappa shape index (κ2) is 11.9. The van der Waals surface area contributed by atoms with E-state index in [1.807, 2.05) is 13.0 Å². The monoisotopic (exact) mass is 417 g/mol. The topological polar surface area (TPSA) is 91.6 Å². The van der Waals surface area contributed by atoms with E-state index >= 15 is 0 Å². The van der Waals surface area contributed by atoms with Crippen molar-refractivity contribution in [2.24, 2.45) is 4.99 Å². The molecular weight excluding hydrogens is 385 g/mol. The molecule has 2 rings (SSSR count). The first kappa shape index (κ1) is 23.4. The summed E-state index contributed by atoms with van der Waals surface area (Å²) in [4.78, 5) is 16.6. The molecule has 3 N–H and O–H groups in total. The fourth-order valence-electron chi connectivity index (χ4n) is 2.99. The summed E-state index contributed by atoms with van der Waals surface area (Å²) < 4.78 is 19.0. The molecule has 0 aliphatic carbocycles. The van der Waals surface area contributed by atoms with Crippen LogP contribution < -0.4 is 16.0 Å².